The van der Waals surface area contributed by atoms with Gasteiger partial charge in [-0.15, -0.1) is 0 Å². The zero-order valence-electron chi connectivity index (χ0n) is 23.1. The van der Waals surface area contributed by atoms with Gasteiger partial charge in [-0.2, -0.15) is 0 Å². The molecule has 0 amide bonds. The van der Waals surface area contributed by atoms with Crippen molar-refractivity contribution >= 4 is 27.9 Å². The van der Waals surface area contributed by atoms with Crippen molar-refractivity contribution in [2.45, 2.75) is 97.9 Å². The van der Waals surface area contributed by atoms with Crippen molar-refractivity contribution in [3.8, 4) is 0 Å². The van der Waals surface area contributed by atoms with Crippen LogP contribution in [0.4, 0.5) is 0 Å². The quantitative estimate of drug-likeness (QED) is 0.329. The van der Waals surface area contributed by atoms with Gasteiger partial charge < -0.3 is 4.12 Å². The fourth-order valence-corrected chi connectivity index (χ4v) is 19.8. The van der Waals surface area contributed by atoms with Crippen LogP contribution in [0.5, 0.6) is 0 Å². The maximum Gasteiger partial charge on any atom is 0.209 e. The van der Waals surface area contributed by atoms with Crippen molar-refractivity contribution in [3.63, 3.8) is 0 Å². The molecule has 0 heterocycles. The van der Waals surface area contributed by atoms with E-state index in [1.165, 1.54) is 61.4 Å². The summed E-state index contributed by atoms with van der Waals surface area (Å²) in [6.45, 7) is 21.9. The lowest BCUT2D eigenvalue weighted by molar-refractivity contribution is -0.100. The van der Waals surface area contributed by atoms with Gasteiger partial charge in [-0.05, 0) is 115 Å². The fraction of sp³-hybridized carbons (Fsp3) is 0.742. The first-order valence-corrected chi connectivity index (χ1v) is 20.0. The molecule has 6 aliphatic carbocycles. The zero-order valence-corrected chi connectivity index (χ0v) is 25.1. The highest BCUT2D eigenvalue weighted by molar-refractivity contribution is 6.93. The van der Waals surface area contributed by atoms with Gasteiger partial charge in [0.1, 0.15) is 0 Å². The summed E-state index contributed by atoms with van der Waals surface area (Å²) in [4.78, 5) is 0. The van der Waals surface area contributed by atoms with E-state index < -0.39 is 16.6 Å². The van der Waals surface area contributed by atoms with E-state index in [9.17, 15) is 0 Å². The standard InChI is InChI=1S/C31H50OSi2/c1-9-22-10-16-27(17-11-22)34(8,21-24-13-15-26-19-29(24)31(26,4)5)32-33(6,7)20-23-12-14-25-18-28(23)30(25,2)3/h9-11,16-17,23-26,28-29H,1,12-15,18-21H2,2-8H3. The molecule has 0 aromatic heterocycles. The van der Waals surface area contributed by atoms with E-state index >= 15 is 0 Å². The minimum Gasteiger partial charge on any atom is -0.452 e. The predicted molar refractivity (Wildman–Crippen MR) is 152 cm³/mol. The monoisotopic (exact) mass is 494 g/mol. The molecule has 1 aromatic carbocycles. The molecule has 0 saturated heterocycles. The lowest BCUT2D eigenvalue weighted by Crippen LogP contribution is -2.60. The number of hydrogen-bond donors (Lipinski definition) is 0. The number of benzene rings is 1. The third-order valence-corrected chi connectivity index (χ3v) is 20.0. The molecule has 7 atom stereocenters. The van der Waals surface area contributed by atoms with Gasteiger partial charge in [-0.3, -0.25) is 0 Å². The lowest BCUT2D eigenvalue weighted by atomic mass is 9.46. The first-order chi connectivity index (χ1) is 15.9. The van der Waals surface area contributed by atoms with Crippen molar-refractivity contribution < 1.29 is 4.12 Å². The van der Waals surface area contributed by atoms with Crippen LogP contribution in [0.3, 0.4) is 0 Å². The molecule has 188 valence electrons. The number of rotatable bonds is 8. The Morgan fingerprint density at radius 3 is 1.76 bits per heavy atom. The molecule has 1 aromatic rings. The Morgan fingerprint density at radius 2 is 1.32 bits per heavy atom. The average molecular weight is 495 g/mol. The Morgan fingerprint density at radius 1 is 0.824 bits per heavy atom. The van der Waals surface area contributed by atoms with Crippen molar-refractivity contribution in [3.05, 3.63) is 36.4 Å². The lowest BCUT2D eigenvalue weighted by Gasteiger charge is -2.61. The van der Waals surface area contributed by atoms with E-state index in [2.05, 4.69) is 78.2 Å². The molecule has 6 aliphatic rings. The molecule has 6 saturated carbocycles. The first-order valence-electron chi connectivity index (χ1n) is 14.3. The van der Waals surface area contributed by atoms with E-state index in [0.717, 1.165) is 35.5 Å². The summed E-state index contributed by atoms with van der Waals surface area (Å²) < 4.78 is 7.61. The van der Waals surface area contributed by atoms with Crippen molar-refractivity contribution in [2.24, 2.45) is 46.3 Å². The Bertz CT molecular complexity index is 912. The summed E-state index contributed by atoms with van der Waals surface area (Å²) >= 11 is 0. The smallest absolute Gasteiger partial charge is 0.209 e. The van der Waals surface area contributed by atoms with Crippen LogP contribution in [-0.2, 0) is 4.12 Å². The van der Waals surface area contributed by atoms with Crippen LogP contribution in [-0.4, -0.2) is 16.6 Å². The van der Waals surface area contributed by atoms with Gasteiger partial charge in [-0.1, -0.05) is 77.5 Å². The summed E-state index contributed by atoms with van der Waals surface area (Å²) in [7, 11) is -3.86. The maximum atomic E-state index is 7.61. The Balaban J connectivity index is 1.38. The minimum atomic E-state index is -2.07. The Kier molecular flexibility index (Phi) is 6.22. The molecule has 0 N–H and O–H groups in total. The predicted octanol–water partition coefficient (Wildman–Crippen LogP) is 8.48. The normalized spacial score (nSPS) is 37.1. The van der Waals surface area contributed by atoms with Crippen molar-refractivity contribution in [1.29, 1.82) is 0 Å². The van der Waals surface area contributed by atoms with Crippen LogP contribution in [0, 0.1) is 46.3 Å². The number of fused-ring (bicyclic) bond motifs is 4. The van der Waals surface area contributed by atoms with Gasteiger partial charge >= 0.3 is 0 Å². The summed E-state index contributed by atoms with van der Waals surface area (Å²) in [5, 5.41) is 1.52. The van der Waals surface area contributed by atoms with Crippen LogP contribution in [0.15, 0.2) is 30.8 Å². The van der Waals surface area contributed by atoms with Crippen LogP contribution < -0.4 is 5.19 Å². The van der Waals surface area contributed by atoms with Crippen LogP contribution in [0.1, 0.15) is 71.8 Å². The minimum absolute atomic E-state index is 0.548. The van der Waals surface area contributed by atoms with Crippen molar-refractivity contribution in [2.75, 3.05) is 0 Å². The molecule has 0 aliphatic heterocycles. The van der Waals surface area contributed by atoms with E-state index in [4.69, 9.17) is 4.12 Å². The van der Waals surface area contributed by atoms with E-state index in [-0.39, 0.29) is 0 Å². The first kappa shape index (κ1) is 25.0. The van der Waals surface area contributed by atoms with Crippen molar-refractivity contribution in [1.82, 2.24) is 0 Å². The molecular formula is C31H50OSi2. The van der Waals surface area contributed by atoms with E-state index in [1.807, 2.05) is 6.08 Å². The number of hydrogen-bond acceptors (Lipinski definition) is 1. The molecule has 0 spiro atoms. The molecule has 0 radical (unpaired) electrons. The fourth-order valence-electron chi connectivity index (χ4n) is 9.39. The van der Waals surface area contributed by atoms with E-state index in [1.54, 1.807) is 0 Å². The summed E-state index contributed by atoms with van der Waals surface area (Å²) in [5.74, 6) is 5.55. The third-order valence-electron chi connectivity index (χ3n) is 11.7. The molecule has 6 fully saturated rings. The summed E-state index contributed by atoms with van der Waals surface area (Å²) in [5.41, 5.74) is 2.34. The Labute approximate surface area is 212 Å². The maximum absolute atomic E-state index is 7.61. The molecular weight excluding hydrogens is 445 g/mol. The van der Waals surface area contributed by atoms with Gasteiger partial charge in [0.05, 0.1) is 0 Å². The molecule has 3 heteroatoms. The van der Waals surface area contributed by atoms with Gasteiger partial charge in [-0.25, -0.2) is 0 Å². The molecule has 4 bridgehead atoms. The topological polar surface area (TPSA) is 9.23 Å². The molecule has 34 heavy (non-hydrogen) atoms. The highest BCUT2D eigenvalue weighted by atomic mass is 28.4. The zero-order chi connectivity index (χ0) is 24.5. The van der Waals surface area contributed by atoms with Gasteiger partial charge in [0.15, 0.2) is 8.32 Å². The molecule has 7 unspecified atom stereocenters. The summed E-state index contributed by atoms with van der Waals surface area (Å²) in [6, 6.07) is 12.0. The average Bonchev–Trinajstić information content (AvgIpc) is 2.78. The van der Waals surface area contributed by atoms with Gasteiger partial charge in [0, 0.05) is 0 Å². The highest BCUT2D eigenvalue weighted by Crippen LogP contribution is 2.64. The van der Waals surface area contributed by atoms with E-state index in [0.29, 0.717) is 10.8 Å². The van der Waals surface area contributed by atoms with Crippen LogP contribution in [0.25, 0.3) is 6.08 Å². The molecule has 1 nitrogen and oxygen atoms in total. The Hall–Kier alpha value is -0.646. The van der Waals surface area contributed by atoms with Crippen LogP contribution >= 0.6 is 0 Å². The second-order valence-corrected chi connectivity index (χ2v) is 22.9. The third kappa shape index (κ3) is 4.16. The van der Waals surface area contributed by atoms with Gasteiger partial charge in [0.25, 0.3) is 0 Å². The van der Waals surface area contributed by atoms with Crippen LogP contribution in [0.2, 0.25) is 31.7 Å². The second kappa shape index (κ2) is 8.45. The summed E-state index contributed by atoms with van der Waals surface area (Å²) in [6.07, 6.45) is 10.7. The largest absolute Gasteiger partial charge is 0.452 e. The molecule has 7 rings (SSSR count). The van der Waals surface area contributed by atoms with Gasteiger partial charge in [0.2, 0.25) is 8.32 Å². The highest BCUT2D eigenvalue weighted by Gasteiger charge is 2.57. The second-order valence-electron chi connectivity index (χ2n) is 14.7. The SMILES string of the molecule is C=Cc1ccc([Si](C)(CC2CCC3CC2C3(C)C)O[Si](C)(C)CC2CCC3CC2C3(C)C)cc1.